The average molecular weight is 305 g/mol. The first-order valence-corrected chi connectivity index (χ1v) is 8.06. The molecule has 0 unspecified atom stereocenters. The van der Waals surface area contributed by atoms with Gasteiger partial charge in [-0.15, -0.1) is 0 Å². The van der Waals surface area contributed by atoms with Gasteiger partial charge in [0.25, 0.3) is 0 Å². The fourth-order valence-corrected chi connectivity index (χ4v) is 2.57. The molecule has 1 rings (SSSR count). The molecule has 1 N–H and O–H groups in total. The number of rotatable bonds is 6. The van der Waals surface area contributed by atoms with Gasteiger partial charge in [0.15, 0.2) is 0 Å². The van der Waals surface area contributed by atoms with Crippen LogP contribution in [0.5, 0.6) is 0 Å². The summed E-state index contributed by atoms with van der Waals surface area (Å²) in [5.41, 5.74) is 0.471. The van der Waals surface area contributed by atoms with Crippen molar-refractivity contribution in [3.8, 4) is 0 Å². The van der Waals surface area contributed by atoms with Crippen LogP contribution in [-0.2, 0) is 14.8 Å². The highest BCUT2D eigenvalue weighted by Crippen LogP contribution is 2.20. The van der Waals surface area contributed by atoms with Gasteiger partial charge in [-0.2, -0.15) is 4.31 Å². The maximum atomic E-state index is 11.8. The minimum atomic E-state index is -3.39. The molecule has 0 aliphatic heterocycles. The van der Waals surface area contributed by atoms with E-state index in [1.165, 1.54) is 0 Å². The van der Waals surface area contributed by atoms with E-state index in [-0.39, 0.29) is 6.54 Å². The molecule has 19 heavy (non-hydrogen) atoms. The minimum Gasteiger partial charge on any atom is -0.324 e. The van der Waals surface area contributed by atoms with Crippen molar-refractivity contribution in [3.05, 3.63) is 29.3 Å². The van der Waals surface area contributed by atoms with Crippen LogP contribution in [0.4, 0.5) is 5.69 Å². The number of para-hydroxylation sites is 1. The standard InChI is InChI=1S/C12H17ClN2O3S/c1-3-8-15(19(2,17)18)9-12(16)14-11-7-5-4-6-10(11)13/h4-7H,3,8-9H2,1-2H3,(H,14,16). The Balaban J connectivity index is 2.71. The normalized spacial score (nSPS) is 11.6. The van der Waals surface area contributed by atoms with E-state index in [0.29, 0.717) is 23.7 Å². The number of nitrogens with zero attached hydrogens (tertiary/aromatic N) is 1. The zero-order chi connectivity index (χ0) is 14.5. The quantitative estimate of drug-likeness (QED) is 0.873. The Morgan fingerprint density at radius 1 is 1.37 bits per heavy atom. The van der Waals surface area contributed by atoms with Crippen LogP contribution in [-0.4, -0.2) is 38.0 Å². The number of nitrogens with one attached hydrogen (secondary N) is 1. The maximum Gasteiger partial charge on any atom is 0.239 e. The molecular formula is C12H17ClN2O3S. The Labute approximate surface area is 118 Å². The largest absolute Gasteiger partial charge is 0.324 e. The number of carbonyl (C=O) groups excluding carboxylic acids is 1. The van der Waals surface area contributed by atoms with Gasteiger partial charge in [0, 0.05) is 6.54 Å². The highest BCUT2D eigenvalue weighted by atomic mass is 35.5. The van der Waals surface area contributed by atoms with Gasteiger partial charge in [0.1, 0.15) is 0 Å². The van der Waals surface area contributed by atoms with Crippen molar-refractivity contribution in [2.75, 3.05) is 24.7 Å². The molecule has 0 aromatic heterocycles. The van der Waals surface area contributed by atoms with Crippen LogP contribution in [0.25, 0.3) is 0 Å². The topological polar surface area (TPSA) is 66.5 Å². The summed E-state index contributed by atoms with van der Waals surface area (Å²) in [6.07, 6.45) is 1.73. The van der Waals surface area contributed by atoms with Gasteiger partial charge in [-0.25, -0.2) is 8.42 Å². The van der Waals surface area contributed by atoms with Crippen molar-refractivity contribution in [1.82, 2.24) is 4.31 Å². The van der Waals surface area contributed by atoms with E-state index in [9.17, 15) is 13.2 Å². The molecule has 0 heterocycles. The summed E-state index contributed by atoms with van der Waals surface area (Å²) in [6, 6.07) is 6.79. The van der Waals surface area contributed by atoms with Crippen molar-refractivity contribution in [3.63, 3.8) is 0 Å². The van der Waals surface area contributed by atoms with E-state index in [1.807, 2.05) is 6.92 Å². The van der Waals surface area contributed by atoms with Crippen molar-refractivity contribution in [2.45, 2.75) is 13.3 Å². The zero-order valence-corrected chi connectivity index (χ0v) is 12.5. The molecule has 0 aliphatic rings. The van der Waals surface area contributed by atoms with Crippen LogP contribution in [0, 0.1) is 0 Å². The van der Waals surface area contributed by atoms with Crippen molar-refractivity contribution in [1.29, 1.82) is 0 Å². The molecule has 106 valence electrons. The van der Waals surface area contributed by atoms with Crippen molar-refractivity contribution < 1.29 is 13.2 Å². The summed E-state index contributed by atoms with van der Waals surface area (Å²) >= 11 is 5.91. The summed E-state index contributed by atoms with van der Waals surface area (Å²) in [7, 11) is -3.39. The van der Waals surface area contributed by atoms with Gasteiger partial charge in [0.05, 0.1) is 23.5 Å². The Bertz CT molecular complexity index is 546. The van der Waals surface area contributed by atoms with Crippen LogP contribution >= 0.6 is 11.6 Å². The fraction of sp³-hybridized carbons (Fsp3) is 0.417. The molecule has 0 atom stereocenters. The lowest BCUT2D eigenvalue weighted by atomic mass is 10.3. The number of hydrogen-bond acceptors (Lipinski definition) is 3. The number of benzene rings is 1. The second-order valence-electron chi connectivity index (χ2n) is 4.12. The monoisotopic (exact) mass is 304 g/mol. The summed E-state index contributed by atoms with van der Waals surface area (Å²) in [4.78, 5) is 11.8. The number of hydrogen-bond donors (Lipinski definition) is 1. The number of anilines is 1. The van der Waals surface area contributed by atoms with E-state index in [1.54, 1.807) is 24.3 Å². The molecule has 1 aromatic rings. The SMILES string of the molecule is CCCN(CC(=O)Nc1ccccc1Cl)S(C)(=O)=O. The Morgan fingerprint density at radius 2 is 2.00 bits per heavy atom. The molecule has 0 fully saturated rings. The molecule has 0 saturated carbocycles. The van der Waals surface area contributed by atoms with Gasteiger partial charge in [-0.3, -0.25) is 4.79 Å². The van der Waals surface area contributed by atoms with Crippen LogP contribution < -0.4 is 5.32 Å². The Kier molecular flexibility index (Phi) is 5.78. The second kappa shape index (κ2) is 6.88. The first-order chi connectivity index (χ1) is 8.84. The molecule has 1 amide bonds. The lowest BCUT2D eigenvalue weighted by Gasteiger charge is -2.18. The number of amides is 1. The first-order valence-electron chi connectivity index (χ1n) is 5.84. The maximum absolute atomic E-state index is 11.8. The van der Waals surface area contributed by atoms with Crippen LogP contribution in [0.2, 0.25) is 5.02 Å². The minimum absolute atomic E-state index is 0.210. The summed E-state index contributed by atoms with van der Waals surface area (Å²) < 4.78 is 24.1. The molecule has 5 nitrogen and oxygen atoms in total. The molecular weight excluding hydrogens is 288 g/mol. The highest BCUT2D eigenvalue weighted by molar-refractivity contribution is 7.88. The molecule has 0 radical (unpaired) electrons. The van der Waals surface area contributed by atoms with E-state index < -0.39 is 15.9 Å². The predicted molar refractivity (Wildman–Crippen MR) is 76.8 cm³/mol. The smallest absolute Gasteiger partial charge is 0.239 e. The molecule has 0 spiro atoms. The van der Waals surface area contributed by atoms with Gasteiger partial charge in [-0.1, -0.05) is 30.7 Å². The Morgan fingerprint density at radius 3 is 2.53 bits per heavy atom. The van der Waals surface area contributed by atoms with E-state index >= 15 is 0 Å². The van der Waals surface area contributed by atoms with Crippen molar-refractivity contribution >= 4 is 33.2 Å². The number of halogens is 1. The fourth-order valence-electron chi connectivity index (χ4n) is 1.52. The van der Waals surface area contributed by atoms with Crippen LogP contribution in [0.3, 0.4) is 0 Å². The Hall–Kier alpha value is -1.11. The van der Waals surface area contributed by atoms with Gasteiger partial charge >= 0.3 is 0 Å². The molecule has 0 aliphatic carbocycles. The van der Waals surface area contributed by atoms with Gasteiger partial charge in [-0.05, 0) is 18.6 Å². The third kappa shape index (κ3) is 5.18. The lowest BCUT2D eigenvalue weighted by molar-refractivity contribution is -0.116. The van der Waals surface area contributed by atoms with E-state index in [2.05, 4.69) is 5.32 Å². The zero-order valence-electron chi connectivity index (χ0n) is 10.9. The first kappa shape index (κ1) is 15.9. The lowest BCUT2D eigenvalue weighted by Crippen LogP contribution is -2.37. The molecule has 7 heteroatoms. The van der Waals surface area contributed by atoms with Gasteiger partial charge < -0.3 is 5.32 Å². The second-order valence-corrected chi connectivity index (χ2v) is 6.51. The van der Waals surface area contributed by atoms with Crippen molar-refractivity contribution in [2.24, 2.45) is 0 Å². The summed E-state index contributed by atoms with van der Waals surface area (Å²) in [6.45, 7) is 1.96. The molecule has 0 saturated heterocycles. The molecule has 0 bridgehead atoms. The summed E-state index contributed by atoms with van der Waals surface area (Å²) in [5.74, 6) is -0.410. The van der Waals surface area contributed by atoms with Crippen LogP contribution in [0.15, 0.2) is 24.3 Å². The van der Waals surface area contributed by atoms with Crippen LogP contribution in [0.1, 0.15) is 13.3 Å². The van der Waals surface area contributed by atoms with Gasteiger partial charge in [0.2, 0.25) is 15.9 Å². The predicted octanol–water partition coefficient (Wildman–Crippen LogP) is 1.95. The average Bonchev–Trinajstić information content (AvgIpc) is 2.30. The third-order valence-corrected chi connectivity index (χ3v) is 3.99. The number of sulfonamides is 1. The number of carbonyl (C=O) groups is 1. The third-order valence-electron chi connectivity index (χ3n) is 2.41. The van der Waals surface area contributed by atoms with E-state index in [4.69, 9.17) is 11.6 Å². The highest BCUT2D eigenvalue weighted by Gasteiger charge is 2.19. The van der Waals surface area contributed by atoms with E-state index in [0.717, 1.165) is 10.6 Å². The molecule has 1 aromatic carbocycles. The summed E-state index contributed by atoms with van der Waals surface area (Å²) in [5, 5.41) is 3.01.